The van der Waals surface area contributed by atoms with Gasteiger partial charge in [-0.1, -0.05) is 174 Å². The van der Waals surface area contributed by atoms with Crippen molar-refractivity contribution in [2.24, 2.45) is 0 Å². The van der Waals surface area contributed by atoms with Crippen LogP contribution in [-0.4, -0.2) is 59.2 Å². The van der Waals surface area contributed by atoms with Crippen molar-refractivity contribution in [3.05, 3.63) is 0 Å². The Bertz CT molecular complexity index is 690. The van der Waals surface area contributed by atoms with Crippen LogP contribution in [0.4, 0.5) is 0 Å². The molecular formula is C44H87NO4S. The molecule has 0 heterocycles. The zero-order chi connectivity index (χ0) is 36.6. The van der Waals surface area contributed by atoms with Crippen LogP contribution in [0.15, 0.2) is 0 Å². The van der Waals surface area contributed by atoms with Gasteiger partial charge in [0.1, 0.15) is 6.10 Å². The number of esters is 1. The van der Waals surface area contributed by atoms with E-state index < -0.39 is 0 Å². The van der Waals surface area contributed by atoms with Crippen molar-refractivity contribution in [1.29, 1.82) is 0 Å². The summed E-state index contributed by atoms with van der Waals surface area (Å²) in [5.41, 5.74) is 0. The lowest BCUT2D eigenvalue weighted by molar-refractivity contribution is -0.150. The number of rotatable bonds is 41. The molecule has 0 saturated heterocycles. The summed E-state index contributed by atoms with van der Waals surface area (Å²) in [6.07, 6.45) is 39.4. The molecule has 0 aromatic rings. The van der Waals surface area contributed by atoms with E-state index >= 15 is 0 Å². The third kappa shape index (κ3) is 37.2. The summed E-state index contributed by atoms with van der Waals surface area (Å²) >= 11 is 1.56. The smallest absolute Gasteiger partial charge is 0.306 e. The van der Waals surface area contributed by atoms with Crippen LogP contribution >= 0.6 is 11.8 Å². The van der Waals surface area contributed by atoms with Gasteiger partial charge in [-0.25, -0.2) is 0 Å². The first-order valence-corrected chi connectivity index (χ1v) is 23.2. The molecule has 0 amide bonds. The molecule has 0 bridgehead atoms. The van der Waals surface area contributed by atoms with E-state index in [9.17, 15) is 14.7 Å². The number of carbonyl (C=O) groups is 2. The van der Waals surface area contributed by atoms with E-state index in [0.29, 0.717) is 11.5 Å². The van der Waals surface area contributed by atoms with Crippen molar-refractivity contribution in [3.63, 3.8) is 0 Å². The molecule has 0 fully saturated rings. The maximum absolute atomic E-state index is 12.7. The van der Waals surface area contributed by atoms with Crippen molar-refractivity contribution >= 4 is 22.8 Å². The van der Waals surface area contributed by atoms with Crippen LogP contribution < -0.4 is 0 Å². The van der Waals surface area contributed by atoms with E-state index in [-0.39, 0.29) is 18.7 Å². The van der Waals surface area contributed by atoms with Gasteiger partial charge in [0, 0.05) is 25.1 Å². The van der Waals surface area contributed by atoms with Gasteiger partial charge < -0.3 is 14.7 Å². The van der Waals surface area contributed by atoms with Gasteiger partial charge in [0.2, 0.25) is 0 Å². The number of carbonyl (C=O) groups excluding carboxylic acids is 2. The molecule has 0 aliphatic carbocycles. The predicted molar refractivity (Wildman–Crippen MR) is 220 cm³/mol. The zero-order valence-electron chi connectivity index (χ0n) is 34.0. The minimum atomic E-state index is 0.0189. The van der Waals surface area contributed by atoms with Crippen molar-refractivity contribution in [1.82, 2.24) is 4.90 Å². The zero-order valence-corrected chi connectivity index (χ0v) is 34.8. The van der Waals surface area contributed by atoms with Crippen LogP contribution in [0.5, 0.6) is 0 Å². The number of hydrogen-bond donors (Lipinski definition) is 1. The Morgan fingerprint density at radius 2 is 0.900 bits per heavy atom. The fourth-order valence-corrected chi connectivity index (χ4v) is 7.74. The molecule has 0 rings (SSSR count). The van der Waals surface area contributed by atoms with Crippen LogP contribution in [0, 0.1) is 0 Å². The van der Waals surface area contributed by atoms with Crippen LogP contribution in [0.2, 0.25) is 0 Å². The first-order valence-electron chi connectivity index (χ1n) is 22.3. The second-order valence-electron chi connectivity index (χ2n) is 15.2. The normalized spacial score (nSPS) is 11.6. The number of hydrogen-bond acceptors (Lipinski definition) is 6. The highest BCUT2D eigenvalue weighted by Crippen LogP contribution is 2.19. The number of aliphatic hydroxyl groups is 1. The molecule has 1 N–H and O–H groups in total. The van der Waals surface area contributed by atoms with Gasteiger partial charge in [-0.15, -0.1) is 0 Å². The minimum Gasteiger partial charge on any atom is -0.462 e. The standard InChI is InChI=1S/C44H87NO4S/c1-4-7-10-13-16-25-32-41-50-44(48)36-29-22-18-24-31-38-45(39-40-46)37-30-23-17-21-28-35-43(47)49-42(33-26-19-14-11-8-5-2)34-27-20-15-12-9-6-3/h42,46H,4-41H2,1-3H3. The summed E-state index contributed by atoms with van der Waals surface area (Å²) in [7, 11) is 0. The van der Waals surface area contributed by atoms with E-state index in [0.717, 1.165) is 83.2 Å². The number of unbranched alkanes of at least 4 members (excludes halogenated alkanes) is 24. The molecule has 0 atom stereocenters. The fraction of sp³-hybridized carbons (Fsp3) is 0.955. The Morgan fingerprint density at radius 3 is 1.38 bits per heavy atom. The van der Waals surface area contributed by atoms with E-state index in [1.165, 1.54) is 148 Å². The monoisotopic (exact) mass is 726 g/mol. The number of ether oxygens (including phenoxy) is 1. The molecule has 0 aliphatic rings. The second kappa shape index (κ2) is 41.2. The highest BCUT2D eigenvalue weighted by atomic mass is 32.2. The highest BCUT2D eigenvalue weighted by Gasteiger charge is 2.14. The Morgan fingerprint density at radius 1 is 0.500 bits per heavy atom. The lowest BCUT2D eigenvalue weighted by Gasteiger charge is -2.21. The summed E-state index contributed by atoms with van der Waals surface area (Å²) in [6, 6.07) is 0. The van der Waals surface area contributed by atoms with Crippen molar-refractivity contribution in [2.45, 2.75) is 239 Å². The van der Waals surface area contributed by atoms with Gasteiger partial charge in [0.25, 0.3) is 0 Å². The number of nitrogens with zero attached hydrogens (tertiary/aromatic N) is 1. The van der Waals surface area contributed by atoms with Gasteiger partial charge in [0.05, 0.1) is 6.61 Å². The Hall–Kier alpha value is -0.590. The van der Waals surface area contributed by atoms with E-state index in [4.69, 9.17) is 4.74 Å². The molecule has 0 unspecified atom stereocenters. The van der Waals surface area contributed by atoms with Crippen molar-refractivity contribution < 1.29 is 19.4 Å². The van der Waals surface area contributed by atoms with Crippen LogP contribution in [0.25, 0.3) is 0 Å². The summed E-state index contributed by atoms with van der Waals surface area (Å²) in [5, 5.41) is 9.93. The van der Waals surface area contributed by atoms with E-state index in [1.54, 1.807) is 11.8 Å². The average Bonchev–Trinajstić information content (AvgIpc) is 3.11. The SMILES string of the molecule is CCCCCCCCCSC(=O)CCCCCCCN(CCO)CCCCCCCC(=O)OC(CCCCCCCC)CCCCCCCC. The molecule has 0 aliphatic heterocycles. The van der Waals surface area contributed by atoms with Gasteiger partial charge in [-0.3, -0.25) is 9.59 Å². The molecule has 0 radical (unpaired) electrons. The average molecular weight is 726 g/mol. The second-order valence-corrected chi connectivity index (χ2v) is 16.3. The molecule has 6 heteroatoms. The summed E-state index contributed by atoms with van der Waals surface area (Å²) < 4.78 is 6.02. The summed E-state index contributed by atoms with van der Waals surface area (Å²) in [5.74, 6) is 1.02. The number of aliphatic hydroxyl groups excluding tert-OH is 1. The van der Waals surface area contributed by atoms with E-state index in [2.05, 4.69) is 25.7 Å². The van der Waals surface area contributed by atoms with Gasteiger partial charge in [-0.2, -0.15) is 0 Å². The predicted octanol–water partition coefficient (Wildman–Crippen LogP) is 13.4. The van der Waals surface area contributed by atoms with Crippen molar-refractivity contribution in [2.75, 3.05) is 32.0 Å². The first kappa shape index (κ1) is 49.4. The molecule has 298 valence electrons. The molecule has 50 heavy (non-hydrogen) atoms. The molecule has 0 spiro atoms. The third-order valence-corrected chi connectivity index (χ3v) is 11.2. The van der Waals surface area contributed by atoms with Gasteiger partial charge in [0.15, 0.2) is 5.12 Å². The Kier molecular flexibility index (Phi) is 40.7. The van der Waals surface area contributed by atoms with Crippen LogP contribution in [-0.2, 0) is 14.3 Å². The largest absolute Gasteiger partial charge is 0.462 e. The lowest BCUT2D eigenvalue weighted by Crippen LogP contribution is -2.29. The molecule has 0 aromatic heterocycles. The summed E-state index contributed by atoms with van der Waals surface area (Å²) in [6.45, 7) is 9.86. The van der Waals surface area contributed by atoms with Gasteiger partial charge in [-0.05, 0) is 70.9 Å². The molecule has 0 aromatic carbocycles. The maximum atomic E-state index is 12.7. The van der Waals surface area contributed by atoms with E-state index in [1.807, 2.05) is 0 Å². The third-order valence-electron chi connectivity index (χ3n) is 10.2. The van der Waals surface area contributed by atoms with Gasteiger partial charge >= 0.3 is 5.97 Å². The fourth-order valence-electron chi connectivity index (χ4n) is 6.88. The molecular weight excluding hydrogens is 639 g/mol. The molecule has 0 saturated carbocycles. The summed E-state index contributed by atoms with van der Waals surface area (Å²) in [4.78, 5) is 27.3. The van der Waals surface area contributed by atoms with Crippen molar-refractivity contribution in [3.8, 4) is 0 Å². The minimum absolute atomic E-state index is 0.0189. The quantitative estimate of drug-likeness (QED) is 0.0500. The van der Waals surface area contributed by atoms with Crippen LogP contribution in [0.1, 0.15) is 233 Å². The Balaban J connectivity index is 3.94. The maximum Gasteiger partial charge on any atom is 0.306 e. The van der Waals surface area contributed by atoms with Crippen LogP contribution in [0.3, 0.4) is 0 Å². The highest BCUT2D eigenvalue weighted by molar-refractivity contribution is 8.13. The molecule has 5 nitrogen and oxygen atoms in total. The Labute approximate surface area is 317 Å². The number of thioether (sulfide) groups is 1. The first-order chi connectivity index (χ1) is 24.6. The topological polar surface area (TPSA) is 66.8 Å². The lowest BCUT2D eigenvalue weighted by atomic mass is 10.0.